The predicted molar refractivity (Wildman–Crippen MR) is 98.4 cm³/mol. The van der Waals surface area contributed by atoms with E-state index in [9.17, 15) is 9.59 Å². The normalized spacial score (nSPS) is 11.6. The number of pyridine rings is 1. The van der Waals surface area contributed by atoms with Gasteiger partial charge >= 0.3 is 0 Å². The summed E-state index contributed by atoms with van der Waals surface area (Å²) in [6.45, 7) is 4.70. The molecule has 1 heterocycles. The summed E-state index contributed by atoms with van der Waals surface area (Å²) in [5.41, 5.74) is 1.84. The number of benzene rings is 1. The molecule has 1 unspecified atom stereocenters. The third-order valence-corrected chi connectivity index (χ3v) is 4.09. The Morgan fingerprint density at radius 2 is 1.84 bits per heavy atom. The molecule has 5 nitrogen and oxygen atoms in total. The molecule has 0 aliphatic carbocycles. The van der Waals surface area contributed by atoms with E-state index in [1.165, 1.54) is 12.4 Å². The molecule has 1 aromatic carbocycles. The Labute approximate surface area is 149 Å². The summed E-state index contributed by atoms with van der Waals surface area (Å²) in [5, 5.41) is 2.94. The van der Waals surface area contributed by atoms with Gasteiger partial charge in [-0.1, -0.05) is 43.7 Å². The van der Waals surface area contributed by atoms with Crippen LogP contribution >= 0.6 is 0 Å². The summed E-state index contributed by atoms with van der Waals surface area (Å²) in [4.78, 5) is 30.6. The van der Waals surface area contributed by atoms with Crippen LogP contribution < -0.4 is 5.32 Å². The van der Waals surface area contributed by atoms with Crippen molar-refractivity contribution in [1.29, 1.82) is 0 Å². The van der Waals surface area contributed by atoms with Crippen molar-refractivity contribution in [1.82, 2.24) is 15.2 Å². The van der Waals surface area contributed by atoms with Crippen LogP contribution in [0.1, 0.15) is 59.0 Å². The van der Waals surface area contributed by atoms with E-state index < -0.39 is 0 Å². The monoisotopic (exact) mass is 339 g/mol. The number of nitrogens with one attached hydrogen (secondary N) is 1. The van der Waals surface area contributed by atoms with Gasteiger partial charge in [0.15, 0.2) is 0 Å². The molecule has 25 heavy (non-hydrogen) atoms. The Hall–Kier alpha value is -2.69. The van der Waals surface area contributed by atoms with E-state index in [2.05, 4.69) is 17.2 Å². The molecular formula is C20H25N3O2. The molecule has 132 valence electrons. The first kappa shape index (κ1) is 18.6. The highest BCUT2D eigenvalue weighted by molar-refractivity contribution is 5.99. The molecule has 0 bridgehead atoms. The second-order valence-electron chi connectivity index (χ2n) is 6.15. The average molecular weight is 339 g/mol. The van der Waals surface area contributed by atoms with Gasteiger partial charge < -0.3 is 10.2 Å². The van der Waals surface area contributed by atoms with E-state index in [4.69, 9.17) is 0 Å². The van der Waals surface area contributed by atoms with Crippen molar-refractivity contribution in [3.63, 3.8) is 0 Å². The molecule has 0 radical (unpaired) electrons. The molecule has 1 atom stereocenters. The lowest BCUT2D eigenvalue weighted by molar-refractivity contribution is 0.0793. The number of hydrogen-bond acceptors (Lipinski definition) is 3. The van der Waals surface area contributed by atoms with Crippen LogP contribution in [0, 0.1) is 0 Å². The number of aromatic nitrogens is 1. The van der Waals surface area contributed by atoms with Crippen LogP contribution in [0.15, 0.2) is 48.8 Å². The van der Waals surface area contributed by atoms with Gasteiger partial charge in [-0.2, -0.15) is 0 Å². The molecule has 2 aromatic rings. The number of carbonyl (C=O) groups excluding carboxylic acids is 2. The van der Waals surface area contributed by atoms with E-state index in [0.29, 0.717) is 17.7 Å². The maximum Gasteiger partial charge on any atom is 0.255 e. The third kappa shape index (κ3) is 5.14. The van der Waals surface area contributed by atoms with Crippen molar-refractivity contribution in [3.05, 3.63) is 65.5 Å². The molecule has 5 heteroatoms. The lowest BCUT2D eigenvalue weighted by Crippen LogP contribution is -2.29. The fourth-order valence-electron chi connectivity index (χ4n) is 2.50. The summed E-state index contributed by atoms with van der Waals surface area (Å²) in [5.74, 6) is -0.360. The first-order valence-corrected chi connectivity index (χ1v) is 8.59. The Bertz CT molecular complexity index is 716. The Kier molecular flexibility index (Phi) is 6.69. The standard InChI is InChI=1S/C20H25N3O2/c1-4-5-11-23(3)20(25)18-12-17(13-21-14-18)19(24)22-15(2)16-9-7-6-8-10-16/h6-10,12-15H,4-5,11H2,1-3H3,(H,22,24). The highest BCUT2D eigenvalue weighted by Gasteiger charge is 2.16. The lowest BCUT2D eigenvalue weighted by atomic mass is 10.1. The second kappa shape index (κ2) is 8.97. The smallest absolute Gasteiger partial charge is 0.255 e. The minimum Gasteiger partial charge on any atom is -0.345 e. The molecule has 1 N–H and O–H groups in total. The molecular weight excluding hydrogens is 314 g/mol. The van der Waals surface area contributed by atoms with E-state index in [0.717, 1.165) is 18.4 Å². The molecule has 0 aliphatic heterocycles. The van der Waals surface area contributed by atoms with E-state index in [1.807, 2.05) is 37.3 Å². The summed E-state index contributed by atoms with van der Waals surface area (Å²) in [7, 11) is 1.77. The van der Waals surface area contributed by atoms with Crippen molar-refractivity contribution >= 4 is 11.8 Å². The van der Waals surface area contributed by atoms with Crippen LogP contribution in [0.25, 0.3) is 0 Å². The predicted octanol–water partition coefficient (Wildman–Crippen LogP) is 3.44. The third-order valence-electron chi connectivity index (χ3n) is 4.09. The van der Waals surface area contributed by atoms with Crippen molar-refractivity contribution in [2.75, 3.05) is 13.6 Å². The first-order valence-electron chi connectivity index (χ1n) is 8.59. The van der Waals surface area contributed by atoms with Gasteiger partial charge in [0.1, 0.15) is 0 Å². The number of nitrogens with zero attached hydrogens (tertiary/aromatic N) is 2. The van der Waals surface area contributed by atoms with E-state index in [-0.39, 0.29) is 17.9 Å². The Balaban J connectivity index is 2.07. The van der Waals surface area contributed by atoms with Gasteiger partial charge in [0.2, 0.25) is 0 Å². The van der Waals surface area contributed by atoms with E-state index in [1.54, 1.807) is 18.0 Å². The summed E-state index contributed by atoms with van der Waals surface area (Å²) >= 11 is 0. The van der Waals surface area contributed by atoms with Crippen LogP contribution in [0.3, 0.4) is 0 Å². The zero-order valence-electron chi connectivity index (χ0n) is 15.0. The maximum atomic E-state index is 12.5. The van der Waals surface area contributed by atoms with Gasteiger partial charge in [-0.05, 0) is 25.0 Å². The number of hydrogen-bond donors (Lipinski definition) is 1. The number of rotatable bonds is 7. The first-order chi connectivity index (χ1) is 12.0. The average Bonchev–Trinajstić information content (AvgIpc) is 2.66. The van der Waals surface area contributed by atoms with Crippen LogP contribution in [0.5, 0.6) is 0 Å². The molecule has 0 spiro atoms. The van der Waals surface area contributed by atoms with Gasteiger partial charge in [0.05, 0.1) is 17.2 Å². The van der Waals surface area contributed by atoms with Crippen molar-refractivity contribution in [3.8, 4) is 0 Å². The van der Waals surface area contributed by atoms with Crippen LogP contribution in [-0.2, 0) is 0 Å². The summed E-state index contributed by atoms with van der Waals surface area (Å²) in [6.07, 6.45) is 4.96. The second-order valence-corrected chi connectivity index (χ2v) is 6.15. The zero-order chi connectivity index (χ0) is 18.2. The quantitative estimate of drug-likeness (QED) is 0.840. The van der Waals surface area contributed by atoms with E-state index >= 15 is 0 Å². The molecule has 0 fully saturated rings. The maximum absolute atomic E-state index is 12.5. The Morgan fingerprint density at radius 3 is 2.52 bits per heavy atom. The highest BCUT2D eigenvalue weighted by Crippen LogP contribution is 2.13. The minimum atomic E-state index is -0.241. The molecule has 0 saturated heterocycles. The van der Waals surface area contributed by atoms with Crippen molar-refractivity contribution in [2.45, 2.75) is 32.7 Å². The number of unbranched alkanes of at least 4 members (excludes halogenated alkanes) is 1. The number of amides is 2. The topological polar surface area (TPSA) is 62.3 Å². The summed E-state index contributed by atoms with van der Waals surface area (Å²) in [6, 6.07) is 11.2. The van der Waals surface area contributed by atoms with Gasteiger partial charge in [0, 0.05) is 26.0 Å². The van der Waals surface area contributed by atoms with Crippen LogP contribution in [0.2, 0.25) is 0 Å². The van der Waals surface area contributed by atoms with Crippen molar-refractivity contribution < 1.29 is 9.59 Å². The van der Waals surface area contributed by atoms with Crippen molar-refractivity contribution in [2.24, 2.45) is 0 Å². The zero-order valence-corrected chi connectivity index (χ0v) is 15.0. The van der Waals surface area contributed by atoms with Gasteiger partial charge in [-0.3, -0.25) is 14.6 Å². The fourth-order valence-corrected chi connectivity index (χ4v) is 2.50. The molecule has 2 rings (SSSR count). The fraction of sp³-hybridized carbons (Fsp3) is 0.350. The largest absolute Gasteiger partial charge is 0.345 e. The molecule has 0 aliphatic rings. The number of carbonyl (C=O) groups is 2. The SMILES string of the molecule is CCCCN(C)C(=O)c1cncc(C(=O)NC(C)c2ccccc2)c1. The molecule has 0 saturated carbocycles. The summed E-state index contributed by atoms with van der Waals surface area (Å²) < 4.78 is 0. The van der Waals surface area contributed by atoms with Crippen LogP contribution in [-0.4, -0.2) is 35.3 Å². The highest BCUT2D eigenvalue weighted by atomic mass is 16.2. The molecule has 2 amide bonds. The van der Waals surface area contributed by atoms with Gasteiger partial charge in [-0.15, -0.1) is 0 Å². The molecule has 1 aromatic heterocycles. The van der Waals surface area contributed by atoms with Gasteiger partial charge in [-0.25, -0.2) is 0 Å². The Morgan fingerprint density at radius 1 is 1.16 bits per heavy atom. The minimum absolute atomic E-state index is 0.119. The lowest BCUT2D eigenvalue weighted by Gasteiger charge is -2.17. The van der Waals surface area contributed by atoms with Gasteiger partial charge in [0.25, 0.3) is 11.8 Å². The van der Waals surface area contributed by atoms with Crippen LogP contribution in [0.4, 0.5) is 0 Å².